The van der Waals surface area contributed by atoms with Gasteiger partial charge in [-0.2, -0.15) is 0 Å². The summed E-state index contributed by atoms with van der Waals surface area (Å²) in [5.74, 6) is 0. The molecule has 0 aliphatic carbocycles. The summed E-state index contributed by atoms with van der Waals surface area (Å²) in [5.41, 5.74) is 1.87. The molecule has 0 radical (unpaired) electrons. The number of rotatable bonds is 3. The molecule has 1 aromatic rings. The average molecular weight is 236 g/mol. The first-order valence-electron chi connectivity index (χ1n) is 5.97. The molecule has 1 unspecified atom stereocenters. The highest BCUT2D eigenvalue weighted by Crippen LogP contribution is 2.30. The van der Waals surface area contributed by atoms with E-state index in [0.29, 0.717) is 5.54 Å². The molecule has 0 N–H and O–H groups in total. The summed E-state index contributed by atoms with van der Waals surface area (Å²) in [6, 6.07) is 10.7. The summed E-state index contributed by atoms with van der Waals surface area (Å²) in [7, 11) is -1.68. The van der Waals surface area contributed by atoms with Crippen molar-refractivity contribution in [3.8, 4) is 0 Å². The van der Waals surface area contributed by atoms with Crippen LogP contribution in [-0.2, 0) is 4.43 Å². The van der Waals surface area contributed by atoms with Crippen molar-refractivity contribution < 1.29 is 4.43 Å². The van der Waals surface area contributed by atoms with Crippen molar-refractivity contribution in [2.75, 3.05) is 0 Å². The van der Waals surface area contributed by atoms with E-state index >= 15 is 0 Å². The third-order valence-electron chi connectivity index (χ3n) is 2.91. The molecule has 0 saturated heterocycles. The molecule has 1 nitrogen and oxygen atoms in total. The Morgan fingerprint density at radius 3 is 2.00 bits per heavy atom. The molecule has 0 amide bonds. The van der Waals surface area contributed by atoms with Gasteiger partial charge in [-0.25, -0.2) is 0 Å². The zero-order valence-corrected chi connectivity index (χ0v) is 12.4. The molecule has 0 bridgehead atoms. The zero-order chi connectivity index (χ0) is 12.4. The highest BCUT2D eigenvalue weighted by atomic mass is 28.4. The Morgan fingerprint density at radius 1 is 1.06 bits per heavy atom. The molecule has 0 saturated carbocycles. The molecule has 0 aromatic heterocycles. The summed E-state index contributed by atoms with van der Waals surface area (Å²) in [4.78, 5) is 0. The normalized spacial score (nSPS) is 14.9. The third-order valence-corrected chi connectivity index (χ3v) is 6.47. The molecule has 1 atom stereocenters. The third kappa shape index (κ3) is 3.76. The number of hydrogen-bond acceptors (Lipinski definition) is 1. The van der Waals surface area contributed by atoms with E-state index in [4.69, 9.17) is 4.43 Å². The molecule has 0 aliphatic rings. The maximum absolute atomic E-state index is 6.28. The fourth-order valence-corrected chi connectivity index (χ4v) is 4.77. The smallest absolute Gasteiger partial charge is 0.194 e. The zero-order valence-electron chi connectivity index (χ0n) is 11.4. The molecule has 0 spiro atoms. The topological polar surface area (TPSA) is 9.23 Å². The van der Waals surface area contributed by atoms with Crippen molar-refractivity contribution in [3.05, 3.63) is 35.9 Å². The van der Waals surface area contributed by atoms with Crippen LogP contribution in [0.2, 0.25) is 13.1 Å². The van der Waals surface area contributed by atoms with Crippen LogP contribution in [0.15, 0.2) is 30.3 Å². The summed E-state index contributed by atoms with van der Waals surface area (Å²) < 4.78 is 6.28. The predicted molar refractivity (Wildman–Crippen MR) is 73.2 cm³/mol. The minimum atomic E-state index is -1.68. The lowest BCUT2D eigenvalue weighted by Crippen LogP contribution is -2.43. The van der Waals surface area contributed by atoms with Gasteiger partial charge in [-0.3, -0.25) is 0 Å². The predicted octanol–water partition coefficient (Wildman–Crippen LogP) is 4.35. The quantitative estimate of drug-likeness (QED) is 0.709. The van der Waals surface area contributed by atoms with Crippen LogP contribution in [0.4, 0.5) is 0 Å². The van der Waals surface area contributed by atoms with E-state index in [1.807, 2.05) is 0 Å². The SMILES string of the molecule is CC(c1ccccc1)[Si](C)(C)OC(C)(C)C. The van der Waals surface area contributed by atoms with Crippen LogP contribution < -0.4 is 0 Å². The Bertz CT molecular complexity index is 324. The van der Waals surface area contributed by atoms with Gasteiger partial charge in [0.2, 0.25) is 0 Å². The van der Waals surface area contributed by atoms with Crippen LogP contribution in [-0.4, -0.2) is 13.9 Å². The van der Waals surface area contributed by atoms with Gasteiger partial charge in [-0.1, -0.05) is 37.3 Å². The minimum Gasteiger partial charge on any atom is -0.412 e. The first-order valence-corrected chi connectivity index (χ1v) is 8.96. The first kappa shape index (κ1) is 13.5. The Hall–Kier alpha value is -0.603. The molecule has 0 heterocycles. The standard InChI is InChI=1S/C14H24OSi/c1-12(13-10-8-7-9-11-13)16(5,6)15-14(2,3)4/h7-12H,1-6H3. The van der Waals surface area contributed by atoms with Crippen LogP contribution >= 0.6 is 0 Å². The van der Waals surface area contributed by atoms with Crippen molar-refractivity contribution in [3.63, 3.8) is 0 Å². The van der Waals surface area contributed by atoms with Crippen molar-refractivity contribution in [1.82, 2.24) is 0 Å². The molecule has 90 valence electrons. The molecule has 16 heavy (non-hydrogen) atoms. The first-order chi connectivity index (χ1) is 7.22. The van der Waals surface area contributed by atoms with Gasteiger partial charge in [0.05, 0.1) is 0 Å². The van der Waals surface area contributed by atoms with E-state index in [0.717, 1.165) is 0 Å². The molecule has 0 fully saturated rings. The van der Waals surface area contributed by atoms with Gasteiger partial charge >= 0.3 is 0 Å². The monoisotopic (exact) mass is 236 g/mol. The van der Waals surface area contributed by atoms with Crippen molar-refractivity contribution >= 4 is 8.32 Å². The maximum atomic E-state index is 6.28. The number of hydrogen-bond donors (Lipinski definition) is 0. The lowest BCUT2D eigenvalue weighted by molar-refractivity contribution is 0.117. The Kier molecular flexibility index (Phi) is 3.97. The molecular formula is C14H24OSi. The van der Waals surface area contributed by atoms with Gasteiger partial charge in [0.25, 0.3) is 0 Å². The summed E-state index contributed by atoms with van der Waals surface area (Å²) in [6.07, 6.45) is 0. The van der Waals surface area contributed by atoms with Crippen LogP contribution in [0.25, 0.3) is 0 Å². The van der Waals surface area contributed by atoms with Crippen LogP contribution in [0, 0.1) is 0 Å². The van der Waals surface area contributed by atoms with Gasteiger partial charge in [-0.05, 0) is 45.0 Å². The second-order valence-corrected chi connectivity index (χ2v) is 10.2. The second-order valence-electron chi connectivity index (χ2n) is 5.95. The van der Waals surface area contributed by atoms with Crippen molar-refractivity contribution in [2.24, 2.45) is 0 Å². The number of benzene rings is 1. The maximum Gasteiger partial charge on any atom is 0.194 e. The van der Waals surface area contributed by atoms with E-state index in [9.17, 15) is 0 Å². The van der Waals surface area contributed by atoms with Gasteiger partial charge in [0.1, 0.15) is 0 Å². The van der Waals surface area contributed by atoms with Gasteiger partial charge in [-0.15, -0.1) is 0 Å². The lowest BCUT2D eigenvalue weighted by atomic mass is 10.2. The minimum absolute atomic E-state index is 0.0429. The average Bonchev–Trinajstić information content (AvgIpc) is 2.14. The van der Waals surface area contributed by atoms with E-state index < -0.39 is 8.32 Å². The molecule has 1 rings (SSSR count). The summed E-state index contributed by atoms with van der Waals surface area (Å²) in [6.45, 7) is 13.3. The largest absolute Gasteiger partial charge is 0.412 e. The highest BCUT2D eigenvalue weighted by Gasteiger charge is 2.35. The van der Waals surface area contributed by atoms with Crippen molar-refractivity contribution in [1.29, 1.82) is 0 Å². The Balaban J connectivity index is 2.84. The van der Waals surface area contributed by atoms with E-state index in [1.165, 1.54) is 5.56 Å². The molecule has 0 aliphatic heterocycles. The Labute approximate surface area is 101 Å². The lowest BCUT2D eigenvalue weighted by Gasteiger charge is -2.36. The van der Waals surface area contributed by atoms with Crippen LogP contribution in [0.5, 0.6) is 0 Å². The van der Waals surface area contributed by atoms with Crippen LogP contribution in [0.3, 0.4) is 0 Å². The van der Waals surface area contributed by atoms with E-state index in [-0.39, 0.29) is 5.60 Å². The van der Waals surface area contributed by atoms with Gasteiger partial charge in [0.15, 0.2) is 8.32 Å². The van der Waals surface area contributed by atoms with Crippen LogP contribution in [0.1, 0.15) is 38.8 Å². The summed E-state index contributed by atoms with van der Waals surface area (Å²) >= 11 is 0. The molecule has 1 aromatic carbocycles. The fourth-order valence-electron chi connectivity index (χ4n) is 2.02. The van der Waals surface area contributed by atoms with Gasteiger partial charge in [0, 0.05) is 5.60 Å². The second kappa shape index (κ2) is 4.72. The molecular weight excluding hydrogens is 212 g/mol. The highest BCUT2D eigenvalue weighted by molar-refractivity contribution is 6.72. The van der Waals surface area contributed by atoms with Crippen molar-refractivity contribution in [2.45, 2.75) is 51.9 Å². The summed E-state index contributed by atoms with van der Waals surface area (Å²) in [5, 5.41) is 0. The van der Waals surface area contributed by atoms with Gasteiger partial charge < -0.3 is 4.43 Å². The van der Waals surface area contributed by atoms with E-state index in [2.05, 4.69) is 71.1 Å². The molecule has 2 heteroatoms. The fraction of sp³-hybridized carbons (Fsp3) is 0.571. The van der Waals surface area contributed by atoms with E-state index in [1.54, 1.807) is 0 Å². The Morgan fingerprint density at radius 2 is 1.56 bits per heavy atom.